The van der Waals surface area contributed by atoms with Crippen molar-refractivity contribution < 1.29 is 17.9 Å². The van der Waals surface area contributed by atoms with Crippen molar-refractivity contribution in [1.82, 2.24) is 10.3 Å². The number of amides is 1. The van der Waals surface area contributed by atoms with Gasteiger partial charge in [-0.25, -0.2) is 8.42 Å². The highest BCUT2D eigenvalue weighted by Crippen LogP contribution is 2.26. The van der Waals surface area contributed by atoms with Crippen LogP contribution in [0.4, 0.5) is 5.69 Å². The van der Waals surface area contributed by atoms with Crippen LogP contribution in [0.3, 0.4) is 0 Å². The number of rotatable bonds is 7. The number of carbonyl (C=O) groups is 1. The molecule has 1 amide bonds. The van der Waals surface area contributed by atoms with Gasteiger partial charge in [0.2, 0.25) is 10.0 Å². The third-order valence-corrected chi connectivity index (χ3v) is 6.25. The SMILES string of the molecule is CCCCS(=O)(=O)Nc1ccc2[nH]c(C(=O)NC3CCOCC3)c(C)c2c1. The number of aryl methyl sites for hydroxylation is 1. The van der Waals surface area contributed by atoms with Crippen LogP contribution in [0.2, 0.25) is 0 Å². The minimum atomic E-state index is -3.36. The number of fused-ring (bicyclic) bond motifs is 1. The molecule has 0 bridgehead atoms. The van der Waals surface area contributed by atoms with Gasteiger partial charge in [0.25, 0.3) is 5.91 Å². The molecule has 3 rings (SSSR count). The predicted molar refractivity (Wildman–Crippen MR) is 107 cm³/mol. The molecule has 8 heteroatoms. The molecular weight excluding hydrogens is 366 g/mol. The van der Waals surface area contributed by atoms with E-state index in [1.165, 1.54) is 0 Å². The summed E-state index contributed by atoms with van der Waals surface area (Å²) in [6.07, 6.45) is 3.07. The van der Waals surface area contributed by atoms with Crippen LogP contribution in [0, 0.1) is 6.92 Å². The van der Waals surface area contributed by atoms with Crippen molar-refractivity contribution in [3.63, 3.8) is 0 Å². The minimum absolute atomic E-state index is 0.104. The smallest absolute Gasteiger partial charge is 0.268 e. The maximum Gasteiger partial charge on any atom is 0.268 e. The number of H-pyrrole nitrogens is 1. The fourth-order valence-electron chi connectivity index (χ4n) is 3.28. The molecule has 1 aromatic carbocycles. The van der Waals surface area contributed by atoms with Crippen molar-refractivity contribution in [1.29, 1.82) is 0 Å². The van der Waals surface area contributed by atoms with E-state index >= 15 is 0 Å². The number of nitrogens with one attached hydrogen (secondary N) is 3. The number of unbranched alkanes of at least 4 members (excludes halogenated alkanes) is 1. The first-order chi connectivity index (χ1) is 12.9. The summed E-state index contributed by atoms with van der Waals surface area (Å²) in [6.45, 7) is 5.15. The number of hydrogen-bond acceptors (Lipinski definition) is 4. The standard InChI is InChI=1S/C19H27N3O4S/c1-3-4-11-27(24,25)22-15-5-6-17-16(12-15)13(2)18(21-17)19(23)20-14-7-9-26-10-8-14/h5-6,12,14,21-22H,3-4,7-11H2,1-2H3,(H,20,23). The molecule has 0 spiro atoms. The van der Waals surface area contributed by atoms with E-state index in [2.05, 4.69) is 15.0 Å². The average Bonchev–Trinajstić information content (AvgIpc) is 2.97. The minimum Gasteiger partial charge on any atom is -0.381 e. The van der Waals surface area contributed by atoms with Gasteiger partial charge < -0.3 is 15.0 Å². The lowest BCUT2D eigenvalue weighted by atomic mass is 10.1. The number of carbonyl (C=O) groups excluding carboxylic acids is 1. The molecular formula is C19H27N3O4S. The Morgan fingerprint density at radius 1 is 1.30 bits per heavy atom. The van der Waals surface area contributed by atoms with Crippen LogP contribution in [-0.2, 0) is 14.8 Å². The normalized spacial score (nSPS) is 15.8. The second kappa shape index (κ2) is 8.31. The Labute approximate surface area is 159 Å². The van der Waals surface area contributed by atoms with Crippen LogP contribution in [0.5, 0.6) is 0 Å². The highest BCUT2D eigenvalue weighted by atomic mass is 32.2. The molecule has 2 heterocycles. The van der Waals surface area contributed by atoms with Gasteiger partial charge in [-0.3, -0.25) is 9.52 Å². The molecule has 0 aliphatic carbocycles. The van der Waals surface area contributed by atoms with E-state index in [4.69, 9.17) is 4.74 Å². The molecule has 1 aliphatic rings. The topological polar surface area (TPSA) is 100 Å². The largest absolute Gasteiger partial charge is 0.381 e. The Balaban J connectivity index is 1.79. The molecule has 148 valence electrons. The molecule has 0 saturated carbocycles. The fourth-order valence-corrected chi connectivity index (χ4v) is 4.54. The molecule has 1 aromatic heterocycles. The zero-order valence-corrected chi connectivity index (χ0v) is 16.6. The number of sulfonamides is 1. The second-order valence-corrected chi connectivity index (χ2v) is 8.86. The quantitative estimate of drug-likeness (QED) is 0.673. The highest BCUT2D eigenvalue weighted by Gasteiger charge is 2.21. The Bertz CT molecular complexity index is 914. The van der Waals surface area contributed by atoms with Crippen LogP contribution in [0.1, 0.15) is 48.7 Å². The summed E-state index contributed by atoms with van der Waals surface area (Å²) in [6, 6.07) is 5.40. The van der Waals surface area contributed by atoms with E-state index in [9.17, 15) is 13.2 Å². The summed E-state index contributed by atoms with van der Waals surface area (Å²) in [4.78, 5) is 15.8. The number of aromatic amines is 1. The van der Waals surface area contributed by atoms with Crippen molar-refractivity contribution >= 4 is 32.5 Å². The number of aromatic nitrogens is 1. The van der Waals surface area contributed by atoms with Gasteiger partial charge in [-0.05, 0) is 49.9 Å². The summed E-state index contributed by atoms with van der Waals surface area (Å²) in [5.41, 5.74) is 2.64. The average molecular weight is 394 g/mol. The van der Waals surface area contributed by atoms with Gasteiger partial charge in [0.05, 0.1) is 5.75 Å². The Morgan fingerprint density at radius 2 is 2.04 bits per heavy atom. The van der Waals surface area contributed by atoms with Crippen LogP contribution in [0.15, 0.2) is 18.2 Å². The van der Waals surface area contributed by atoms with Gasteiger partial charge in [0, 0.05) is 35.8 Å². The number of ether oxygens (including phenoxy) is 1. The fraction of sp³-hybridized carbons (Fsp3) is 0.526. The molecule has 1 aliphatic heterocycles. The first-order valence-electron chi connectivity index (χ1n) is 9.41. The highest BCUT2D eigenvalue weighted by molar-refractivity contribution is 7.92. The molecule has 1 fully saturated rings. The first kappa shape index (κ1) is 19.7. The molecule has 0 unspecified atom stereocenters. The van der Waals surface area contributed by atoms with Gasteiger partial charge >= 0.3 is 0 Å². The Morgan fingerprint density at radius 3 is 2.74 bits per heavy atom. The molecule has 2 aromatic rings. The third-order valence-electron chi connectivity index (χ3n) is 4.88. The van der Waals surface area contributed by atoms with E-state index in [0.717, 1.165) is 35.7 Å². The zero-order valence-electron chi connectivity index (χ0n) is 15.8. The summed E-state index contributed by atoms with van der Waals surface area (Å²) >= 11 is 0. The lowest BCUT2D eigenvalue weighted by Crippen LogP contribution is -2.39. The lowest BCUT2D eigenvalue weighted by molar-refractivity contribution is 0.0694. The van der Waals surface area contributed by atoms with Crippen LogP contribution in [0.25, 0.3) is 10.9 Å². The van der Waals surface area contributed by atoms with Gasteiger partial charge in [-0.1, -0.05) is 13.3 Å². The molecule has 0 atom stereocenters. The first-order valence-corrected chi connectivity index (χ1v) is 11.1. The summed E-state index contributed by atoms with van der Waals surface area (Å²) in [5, 5.41) is 3.89. The van der Waals surface area contributed by atoms with E-state index in [-0.39, 0.29) is 17.7 Å². The number of benzene rings is 1. The van der Waals surface area contributed by atoms with Gasteiger partial charge in [0.1, 0.15) is 5.69 Å². The monoisotopic (exact) mass is 393 g/mol. The van der Waals surface area contributed by atoms with Crippen molar-refractivity contribution in [2.45, 2.75) is 45.6 Å². The Hall–Kier alpha value is -2.06. The maximum absolute atomic E-state index is 12.6. The van der Waals surface area contributed by atoms with Crippen LogP contribution in [-0.4, -0.2) is 44.3 Å². The summed E-state index contributed by atoms with van der Waals surface area (Å²) in [5.74, 6) is -0.0347. The molecule has 3 N–H and O–H groups in total. The van der Waals surface area contributed by atoms with Gasteiger partial charge in [0.15, 0.2) is 0 Å². The number of anilines is 1. The second-order valence-electron chi connectivity index (χ2n) is 7.02. The van der Waals surface area contributed by atoms with Crippen molar-refractivity contribution in [3.8, 4) is 0 Å². The van der Waals surface area contributed by atoms with Gasteiger partial charge in [-0.15, -0.1) is 0 Å². The molecule has 0 radical (unpaired) electrons. The van der Waals surface area contributed by atoms with Gasteiger partial charge in [-0.2, -0.15) is 0 Å². The lowest BCUT2D eigenvalue weighted by Gasteiger charge is -2.22. The molecule has 1 saturated heterocycles. The predicted octanol–water partition coefficient (Wildman–Crippen LogP) is 2.93. The summed E-state index contributed by atoms with van der Waals surface area (Å²) in [7, 11) is -3.36. The van der Waals surface area contributed by atoms with Crippen molar-refractivity contribution in [2.75, 3.05) is 23.7 Å². The summed E-state index contributed by atoms with van der Waals surface area (Å²) < 4.78 is 32.2. The third kappa shape index (κ3) is 4.81. The van der Waals surface area contributed by atoms with Crippen LogP contribution >= 0.6 is 0 Å². The number of hydrogen-bond donors (Lipinski definition) is 3. The van der Waals surface area contributed by atoms with E-state index in [1.807, 2.05) is 13.8 Å². The van der Waals surface area contributed by atoms with Crippen molar-refractivity contribution in [3.05, 3.63) is 29.5 Å². The maximum atomic E-state index is 12.6. The van der Waals surface area contributed by atoms with E-state index in [0.29, 0.717) is 31.0 Å². The van der Waals surface area contributed by atoms with Crippen LogP contribution < -0.4 is 10.0 Å². The van der Waals surface area contributed by atoms with Crippen molar-refractivity contribution in [2.24, 2.45) is 0 Å². The molecule has 7 nitrogen and oxygen atoms in total. The Kier molecular flexibility index (Phi) is 6.06. The zero-order chi connectivity index (χ0) is 19.4. The van der Waals surface area contributed by atoms with E-state index < -0.39 is 10.0 Å². The van der Waals surface area contributed by atoms with E-state index in [1.54, 1.807) is 18.2 Å². The molecule has 27 heavy (non-hydrogen) atoms.